The van der Waals surface area contributed by atoms with Crippen molar-refractivity contribution in [1.29, 1.82) is 0 Å². The Morgan fingerprint density at radius 2 is 1.90 bits per heavy atom. The predicted molar refractivity (Wildman–Crippen MR) is 37.4 cm³/mol. The molecule has 0 radical (unpaired) electrons. The second-order valence-corrected chi connectivity index (χ2v) is 1.94. The van der Waals surface area contributed by atoms with Gasteiger partial charge in [-0.05, 0) is 0 Å². The van der Waals surface area contributed by atoms with E-state index < -0.39 is 0 Å². The van der Waals surface area contributed by atoms with E-state index in [2.05, 4.69) is 5.92 Å². The van der Waals surface area contributed by atoms with Gasteiger partial charge in [0, 0.05) is 0 Å². The zero-order chi connectivity index (χ0) is 6.69. The molecular weight excluding hydrogens is 216 g/mol. The Labute approximate surface area is 77.2 Å². The first kappa shape index (κ1) is 9.52. The minimum absolute atomic E-state index is 0. The molecule has 54 valence electrons. The predicted octanol–water partition coefficient (Wildman–Crippen LogP) is 1.93. The van der Waals surface area contributed by atoms with Crippen molar-refractivity contribution in [2.75, 3.05) is 0 Å². The van der Waals surface area contributed by atoms with Crippen molar-refractivity contribution in [3.8, 4) is 5.92 Å². The first-order valence-electron chi connectivity index (χ1n) is 2.83. The molecule has 0 aliphatic rings. The quantitative estimate of drug-likeness (QED) is 0.358. The van der Waals surface area contributed by atoms with Crippen LogP contribution in [0.4, 0.5) is 0 Å². The summed E-state index contributed by atoms with van der Waals surface area (Å²) in [4.78, 5) is 0. The van der Waals surface area contributed by atoms with Gasteiger partial charge in [0.15, 0.2) is 0 Å². The summed E-state index contributed by atoms with van der Waals surface area (Å²) >= 11 is 0. The Bertz CT molecular complexity index is 245. The summed E-state index contributed by atoms with van der Waals surface area (Å²) in [5.41, 5.74) is 1.98. The van der Waals surface area contributed by atoms with Crippen molar-refractivity contribution in [1.82, 2.24) is 0 Å². The minimum atomic E-state index is 0. The third kappa shape index (κ3) is 2.04. The van der Waals surface area contributed by atoms with Crippen LogP contribution in [0.25, 0.3) is 0 Å². The summed E-state index contributed by atoms with van der Waals surface area (Å²) in [6.45, 7) is 1.97. The average molecular weight is 223 g/mol. The molecular formula is C9H7Ag. The molecule has 1 heteroatoms. The fourth-order valence-electron chi connectivity index (χ4n) is 0.713. The number of rotatable bonds is 0. The zero-order valence-electron chi connectivity index (χ0n) is 5.61. The van der Waals surface area contributed by atoms with E-state index in [9.17, 15) is 0 Å². The average Bonchev–Trinajstić information content (AvgIpc) is 1.89. The summed E-state index contributed by atoms with van der Waals surface area (Å²) in [6.07, 6.45) is 6.83. The Hall–Kier alpha value is -0.480. The van der Waals surface area contributed by atoms with Crippen LogP contribution in [0.5, 0.6) is 0 Å². The molecule has 0 amide bonds. The van der Waals surface area contributed by atoms with Gasteiger partial charge in [-0.2, -0.15) is 0 Å². The Morgan fingerprint density at radius 1 is 1.30 bits per heavy atom. The third-order valence-electron chi connectivity index (χ3n) is 1.28. The third-order valence-corrected chi connectivity index (χ3v) is 1.28. The molecule has 1 aromatic rings. The Morgan fingerprint density at radius 3 is 2.30 bits per heavy atom. The van der Waals surface area contributed by atoms with Crippen LogP contribution in [0.1, 0.15) is 11.1 Å². The summed E-state index contributed by atoms with van der Waals surface area (Å²) < 4.78 is 0. The van der Waals surface area contributed by atoms with Crippen LogP contribution in [0.2, 0.25) is 0 Å². The van der Waals surface area contributed by atoms with E-state index in [4.69, 9.17) is 6.42 Å². The molecule has 0 nitrogen and oxygen atoms in total. The van der Waals surface area contributed by atoms with Crippen LogP contribution in [0.15, 0.2) is 24.3 Å². The van der Waals surface area contributed by atoms with Crippen molar-refractivity contribution in [3.63, 3.8) is 0 Å². The van der Waals surface area contributed by atoms with E-state index in [-0.39, 0.29) is 22.4 Å². The van der Waals surface area contributed by atoms with Crippen molar-refractivity contribution >= 4 is 0 Å². The molecule has 0 spiro atoms. The van der Waals surface area contributed by atoms with Crippen LogP contribution in [-0.2, 0) is 22.4 Å². The smallest absolute Gasteiger partial charge is 0.366 e. The number of hydrogen-bond acceptors (Lipinski definition) is 0. The molecule has 0 bridgehead atoms. The fourth-order valence-corrected chi connectivity index (χ4v) is 0.713. The van der Waals surface area contributed by atoms with Crippen molar-refractivity contribution in [3.05, 3.63) is 41.8 Å². The Balaban J connectivity index is 0.000000810. The van der Waals surface area contributed by atoms with Crippen LogP contribution < -0.4 is 0 Å². The summed E-state index contributed by atoms with van der Waals surface area (Å²) in [5, 5.41) is 0. The summed E-state index contributed by atoms with van der Waals surface area (Å²) in [6, 6.07) is 7.71. The molecule has 0 aliphatic heterocycles. The molecule has 0 atom stereocenters. The van der Waals surface area contributed by atoms with Gasteiger partial charge in [0.1, 0.15) is 0 Å². The van der Waals surface area contributed by atoms with Crippen molar-refractivity contribution in [2.24, 2.45) is 0 Å². The molecule has 0 saturated carbocycles. The monoisotopic (exact) mass is 222 g/mol. The molecule has 10 heavy (non-hydrogen) atoms. The molecule has 1 rings (SSSR count). The van der Waals surface area contributed by atoms with E-state index in [0.29, 0.717) is 0 Å². The number of benzene rings is 1. The van der Waals surface area contributed by atoms with Gasteiger partial charge >= 0.3 is 22.4 Å². The van der Waals surface area contributed by atoms with E-state index in [1.54, 1.807) is 0 Å². The van der Waals surface area contributed by atoms with Gasteiger partial charge in [-0.1, -0.05) is 25.1 Å². The molecule has 0 saturated heterocycles. The standard InChI is InChI=1S/C9H7.Ag/c1-3-9-7-5-4-6-8(9)2;/h4-7H,2H3;/q-1;+1. The molecule has 0 aromatic heterocycles. The maximum atomic E-state index is 6.83. The topological polar surface area (TPSA) is 0 Å². The normalized spacial score (nSPS) is 7.60. The van der Waals surface area contributed by atoms with Gasteiger partial charge in [-0.15, -0.1) is 17.2 Å². The van der Waals surface area contributed by atoms with Crippen molar-refractivity contribution in [2.45, 2.75) is 6.92 Å². The van der Waals surface area contributed by atoms with Gasteiger partial charge < -0.3 is 6.42 Å². The van der Waals surface area contributed by atoms with Gasteiger partial charge in [0.05, 0.1) is 0 Å². The fraction of sp³-hybridized carbons (Fsp3) is 0.111. The molecule has 0 unspecified atom stereocenters. The molecule has 1 aromatic carbocycles. The second kappa shape index (κ2) is 4.35. The van der Waals surface area contributed by atoms with Gasteiger partial charge in [0.25, 0.3) is 0 Å². The molecule has 0 N–H and O–H groups in total. The summed E-state index contributed by atoms with van der Waals surface area (Å²) in [5.74, 6) is 2.35. The maximum Gasteiger partial charge on any atom is 1.00 e. The zero-order valence-corrected chi connectivity index (χ0v) is 7.09. The summed E-state index contributed by atoms with van der Waals surface area (Å²) in [7, 11) is 0. The van der Waals surface area contributed by atoms with Gasteiger partial charge in [0.2, 0.25) is 0 Å². The van der Waals surface area contributed by atoms with Crippen LogP contribution in [0.3, 0.4) is 0 Å². The first-order valence-corrected chi connectivity index (χ1v) is 2.83. The van der Waals surface area contributed by atoms with Crippen LogP contribution in [0, 0.1) is 19.3 Å². The molecule has 0 aliphatic carbocycles. The number of hydrogen-bond donors (Lipinski definition) is 0. The molecule has 0 heterocycles. The van der Waals surface area contributed by atoms with E-state index in [1.807, 2.05) is 31.2 Å². The van der Waals surface area contributed by atoms with Gasteiger partial charge in [-0.25, -0.2) is 0 Å². The van der Waals surface area contributed by atoms with E-state index >= 15 is 0 Å². The Kier molecular flexibility index (Phi) is 4.14. The SMILES string of the molecule is [Ag+].[C-]#Cc1ccccc1C. The number of aryl methyl sites for hydroxylation is 1. The minimum Gasteiger partial charge on any atom is -0.366 e. The van der Waals surface area contributed by atoms with E-state index in [1.165, 1.54) is 0 Å². The van der Waals surface area contributed by atoms with Gasteiger partial charge in [-0.3, -0.25) is 5.92 Å². The van der Waals surface area contributed by atoms with Crippen LogP contribution >= 0.6 is 0 Å². The maximum absolute atomic E-state index is 6.83. The van der Waals surface area contributed by atoms with Crippen molar-refractivity contribution < 1.29 is 22.4 Å². The van der Waals surface area contributed by atoms with E-state index in [0.717, 1.165) is 11.1 Å². The molecule has 0 fully saturated rings. The van der Waals surface area contributed by atoms with Crippen LogP contribution in [-0.4, -0.2) is 0 Å². The largest absolute Gasteiger partial charge is 1.00 e. The second-order valence-electron chi connectivity index (χ2n) is 1.94. The first-order chi connectivity index (χ1) is 4.34.